The number of nitrogens with one attached hydrogen (secondary N) is 1. The van der Waals surface area contributed by atoms with Crippen molar-refractivity contribution in [2.24, 2.45) is 5.92 Å². The van der Waals surface area contributed by atoms with Gasteiger partial charge in [0.05, 0.1) is 0 Å². The second-order valence-corrected chi connectivity index (χ2v) is 6.66. The molecule has 0 spiro atoms. The van der Waals surface area contributed by atoms with Crippen LogP contribution in [-0.2, 0) is 0 Å². The van der Waals surface area contributed by atoms with Gasteiger partial charge in [0, 0.05) is 35.2 Å². The Bertz CT molecular complexity index is 517. The maximum Gasteiger partial charge on any atom is 0.254 e. The van der Waals surface area contributed by atoms with E-state index in [0.29, 0.717) is 18.0 Å². The summed E-state index contributed by atoms with van der Waals surface area (Å²) >= 11 is 3.45. The molecule has 19 heavy (non-hydrogen) atoms. The lowest BCUT2D eigenvalue weighted by atomic mass is 10.0. The van der Waals surface area contributed by atoms with Crippen molar-refractivity contribution in [3.63, 3.8) is 0 Å². The van der Waals surface area contributed by atoms with E-state index in [1.54, 1.807) is 0 Å². The highest BCUT2D eigenvalue weighted by molar-refractivity contribution is 9.10. The van der Waals surface area contributed by atoms with Gasteiger partial charge in [-0.3, -0.25) is 4.79 Å². The summed E-state index contributed by atoms with van der Waals surface area (Å²) in [4.78, 5) is 14.9. The van der Waals surface area contributed by atoms with Crippen LogP contribution in [0.2, 0.25) is 0 Å². The molecule has 3 nitrogen and oxygen atoms in total. The summed E-state index contributed by atoms with van der Waals surface area (Å²) in [6, 6.07) is 6.63. The minimum absolute atomic E-state index is 0.189. The van der Waals surface area contributed by atoms with E-state index in [-0.39, 0.29) is 5.91 Å². The predicted molar refractivity (Wildman–Crippen MR) is 79.3 cm³/mol. The van der Waals surface area contributed by atoms with Gasteiger partial charge < -0.3 is 10.2 Å². The van der Waals surface area contributed by atoms with Crippen molar-refractivity contribution in [3.8, 4) is 0 Å². The van der Waals surface area contributed by atoms with Gasteiger partial charge in [0.15, 0.2) is 0 Å². The number of hydrogen-bond donors (Lipinski definition) is 1. The molecule has 2 aliphatic rings. The maximum absolute atomic E-state index is 12.8. The molecule has 1 amide bonds. The normalized spacial score (nSPS) is 29.6. The van der Waals surface area contributed by atoms with Crippen LogP contribution in [0, 0.1) is 12.8 Å². The van der Waals surface area contributed by atoms with Gasteiger partial charge >= 0.3 is 0 Å². The highest BCUT2D eigenvalue weighted by Gasteiger charge is 2.44. The van der Waals surface area contributed by atoms with Crippen LogP contribution in [0.3, 0.4) is 0 Å². The molecule has 3 rings (SSSR count). The number of carbonyl (C=O) groups excluding carboxylic acids is 1. The first-order valence-corrected chi connectivity index (χ1v) is 7.66. The van der Waals surface area contributed by atoms with Crippen molar-refractivity contribution in [2.75, 3.05) is 13.1 Å². The van der Waals surface area contributed by atoms with Crippen LogP contribution in [0.1, 0.15) is 29.3 Å². The van der Waals surface area contributed by atoms with Crippen LogP contribution < -0.4 is 5.32 Å². The van der Waals surface area contributed by atoms with Crippen molar-refractivity contribution in [2.45, 2.75) is 32.4 Å². The predicted octanol–water partition coefficient (Wildman–Crippen LogP) is 2.58. The van der Waals surface area contributed by atoms with Crippen LogP contribution in [0.25, 0.3) is 0 Å². The molecule has 4 heteroatoms. The van der Waals surface area contributed by atoms with Gasteiger partial charge in [0.1, 0.15) is 0 Å². The molecule has 0 aliphatic carbocycles. The zero-order valence-electron chi connectivity index (χ0n) is 11.3. The fourth-order valence-corrected chi connectivity index (χ4v) is 4.00. The Labute approximate surface area is 122 Å². The molecule has 3 unspecified atom stereocenters. The van der Waals surface area contributed by atoms with E-state index in [4.69, 9.17) is 0 Å². The third kappa shape index (κ3) is 2.21. The van der Waals surface area contributed by atoms with Gasteiger partial charge in [0.2, 0.25) is 0 Å². The molecule has 0 aromatic heterocycles. The van der Waals surface area contributed by atoms with Gasteiger partial charge in [-0.2, -0.15) is 0 Å². The molecule has 2 saturated heterocycles. The first-order chi connectivity index (χ1) is 9.08. The van der Waals surface area contributed by atoms with Crippen LogP contribution >= 0.6 is 15.9 Å². The van der Waals surface area contributed by atoms with Gasteiger partial charge in [-0.1, -0.05) is 15.9 Å². The van der Waals surface area contributed by atoms with Crippen molar-refractivity contribution >= 4 is 21.8 Å². The highest BCUT2D eigenvalue weighted by atomic mass is 79.9. The fourth-order valence-electron chi connectivity index (χ4n) is 3.52. The molecule has 1 aromatic rings. The lowest BCUT2D eigenvalue weighted by Crippen LogP contribution is -2.43. The Hall–Kier alpha value is -0.870. The molecule has 3 atom stereocenters. The summed E-state index contributed by atoms with van der Waals surface area (Å²) < 4.78 is 1.02. The molecular weight excluding hydrogens is 304 g/mol. The number of aryl methyl sites for hydroxylation is 1. The van der Waals surface area contributed by atoms with Crippen LogP contribution in [0.5, 0.6) is 0 Å². The number of rotatable bonds is 1. The fraction of sp³-hybridized carbons (Fsp3) is 0.533. The summed E-state index contributed by atoms with van der Waals surface area (Å²) in [5, 5.41) is 3.40. The van der Waals surface area contributed by atoms with E-state index >= 15 is 0 Å². The quantitative estimate of drug-likeness (QED) is 0.862. The van der Waals surface area contributed by atoms with E-state index in [1.807, 2.05) is 25.1 Å². The Morgan fingerprint density at radius 3 is 2.95 bits per heavy atom. The number of nitrogens with zero attached hydrogens (tertiary/aromatic N) is 1. The minimum atomic E-state index is 0.189. The average Bonchev–Trinajstić information content (AvgIpc) is 2.87. The van der Waals surface area contributed by atoms with E-state index in [0.717, 1.165) is 35.1 Å². The Morgan fingerprint density at radius 1 is 1.42 bits per heavy atom. The van der Waals surface area contributed by atoms with Crippen molar-refractivity contribution in [3.05, 3.63) is 33.8 Å². The average molecular weight is 323 g/mol. The lowest BCUT2D eigenvalue weighted by molar-refractivity contribution is 0.0681. The molecule has 0 radical (unpaired) electrons. The summed E-state index contributed by atoms with van der Waals surface area (Å²) in [7, 11) is 0. The Balaban J connectivity index is 1.90. The second kappa shape index (κ2) is 4.91. The molecule has 0 bridgehead atoms. The number of likely N-dealkylation sites (tertiary alicyclic amines) is 1. The van der Waals surface area contributed by atoms with E-state index in [2.05, 4.69) is 33.1 Å². The van der Waals surface area contributed by atoms with Crippen molar-refractivity contribution in [1.82, 2.24) is 10.2 Å². The third-order valence-electron chi connectivity index (χ3n) is 4.43. The highest BCUT2D eigenvalue weighted by Crippen LogP contribution is 2.34. The van der Waals surface area contributed by atoms with Crippen LogP contribution in [0.4, 0.5) is 0 Å². The summed E-state index contributed by atoms with van der Waals surface area (Å²) in [5.41, 5.74) is 1.88. The first-order valence-electron chi connectivity index (χ1n) is 6.87. The van der Waals surface area contributed by atoms with E-state index in [1.165, 1.54) is 0 Å². The van der Waals surface area contributed by atoms with E-state index in [9.17, 15) is 4.79 Å². The standard InChI is InChI=1S/C15H19BrN2O/c1-9-5-12(16)3-4-13(9)15(19)18-10(2)6-11-7-17-8-14(11)18/h3-5,10-11,14,17H,6-8H2,1-2H3. The molecule has 1 N–H and O–H groups in total. The SMILES string of the molecule is Cc1cc(Br)ccc1C(=O)N1C(C)CC2CNCC21. The lowest BCUT2D eigenvalue weighted by Gasteiger charge is -2.28. The van der Waals surface area contributed by atoms with Gasteiger partial charge in [0.25, 0.3) is 5.91 Å². The number of hydrogen-bond acceptors (Lipinski definition) is 2. The number of benzene rings is 1. The number of fused-ring (bicyclic) bond motifs is 1. The molecule has 0 saturated carbocycles. The number of halogens is 1. The zero-order valence-corrected chi connectivity index (χ0v) is 12.9. The Morgan fingerprint density at radius 2 is 2.21 bits per heavy atom. The van der Waals surface area contributed by atoms with Crippen LogP contribution in [0.15, 0.2) is 22.7 Å². The maximum atomic E-state index is 12.8. The minimum Gasteiger partial charge on any atom is -0.331 e. The molecule has 2 heterocycles. The second-order valence-electron chi connectivity index (χ2n) is 5.74. The molecule has 102 valence electrons. The monoisotopic (exact) mass is 322 g/mol. The summed E-state index contributed by atoms with van der Waals surface area (Å²) in [6.45, 7) is 6.17. The smallest absolute Gasteiger partial charge is 0.254 e. The first kappa shape index (κ1) is 13.1. The third-order valence-corrected chi connectivity index (χ3v) is 4.93. The van der Waals surface area contributed by atoms with Crippen molar-refractivity contribution in [1.29, 1.82) is 0 Å². The summed E-state index contributed by atoms with van der Waals surface area (Å²) in [5.74, 6) is 0.823. The molecule has 2 aliphatic heterocycles. The largest absolute Gasteiger partial charge is 0.331 e. The molecular formula is C15H19BrN2O. The van der Waals surface area contributed by atoms with Crippen molar-refractivity contribution < 1.29 is 4.79 Å². The van der Waals surface area contributed by atoms with Gasteiger partial charge in [-0.15, -0.1) is 0 Å². The molecule has 1 aromatic carbocycles. The Kier molecular flexibility index (Phi) is 3.39. The number of carbonyl (C=O) groups is 1. The van der Waals surface area contributed by atoms with E-state index < -0.39 is 0 Å². The van der Waals surface area contributed by atoms with Crippen LogP contribution in [-0.4, -0.2) is 36.0 Å². The van der Waals surface area contributed by atoms with Gasteiger partial charge in [-0.05, 0) is 49.9 Å². The zero-order chi connectivity index (χ0) is 13.6. The molecule has 2 fully saturated rings. The number of amides is 1. The summed E-state index contributed by atoms with van der Waals surface area (Å²) in [6.07, 6.45) is 1.12. The topological polar surface area (TPSA) is 32.3 Å². The van der Waals surface area contributed by atoms with Gasteiger partial charge in [-0.25, -0.2) is 0 Å².